The normalized spacial score (nSPS) is 15.9. The van der Waals surface area contributed by atoms with E-state index in [1.807, 2.05) is 14.0 Å². The molecule has 114 valence electrons. The Kier molecular flexibility index (Phi) is 5.17. The van der Waals surface area contributed by atoms with Crippen LogP contribution in [0.4, 0.5) is 0 Å². The molecule has 0 radical (unpaired) electrons. The van der Waals surface area contributed by atoms with Crippen molar-refractivity contribution in [1.29, 1.82) is 0 Å². The summed E-state index contributed by atoms with van der Waals surface area (Å²) >= 11 is 0. The summed E-state index contributed by atoms with van der Waals surface area (Å²) in [7, 11) is -1.48. The SMILES string of the molecule is CCCN(C1CC1)S(=O)(=O)c1cnn(CCCNC)c1. The van der Waals surface area contributed by atoms with Gasteiger partial charge in [0.05, 0.1) is 6.20 Å². The Morgan fingerprint density at radius 2 is 2.25 bits per heavy atom. The van der Waals surface area contributed by atoms with Crippen LogP contribution < -0.4 is 5.32 Å². The van der Waals surface area contributed by atoms with E-state index in [0.717, 1.165) is 38.8 Å². The molecule has 1 heterocycles. The Hall–Kier alpha value is -0.920. The number of rotatable bonds is 9. The van der Waals surface area contributed by atoms with Crippen molar-refractivity contribution in [2.75, 3.05) is 20.1 Å². The highest BCUT2D eigenvalue weighted by atomic mass is 32.2. The van der Waals surface area contributed by atoms with Crippen molar-refractivity contribution >= 4 is 10.0 Å². The molecular weight excluding hydrogens is 276 g/mol. The molecule has 0 bridgehead atoms. The molecule has 0 unspecified atom stereocenters. The second-order valence-electron chi connectivity index (χ2n) is 5.24. The molecule has 6 nitrogen and oxygen atoms in total. The lowest BCUT2D eigenvalue weighted by Crippen LogP contribution is -2.33. The highest BCUT2D eigenvalue weighted by Crippen LogP contribution is 2.31. The zero-order valence-corrected chi connectivity index (χ0v) is 13.1. The van der Waals surface area contributed by atoms with Gasteiger partial charge in [0.15, 0.2) is 0 Å². The molecule has 1 aromatic heterocycles. The molecular formula is C13H24N4O2S. The summed E-state index contributed by atoms with van der Waals surface area (Å²) in [6, 6.07) is 0.201. The van der Waals surface area contributed by atoms with Gasteiger partial charge >= 0.3 is 0 Å². The number of sulfonamides is 1. The Balaban J connectivity index is 2.08. The van der Waals surface area contributed by atoms with E-state index in [1.54, 1.807) is 15.2 Å². The molecule has 0 saturated heterocycles. The van der Waals surface area contributed by atoms with Crippen LogP contribution in [0.3, 0.4) is 0 Å². The van der Waals surface area contributed by atoms with Crippen molar-refractivity contribution in [3.63, 3.8) is 0 Å². The van der Waals surface area contributed by atoms with E-state index in [9.17, 15) is 8.42 Å². The first-order valence-electron chi connectivity index (χ1n) is 7.28. The van der Waals surface area contributed by atoms with Gasteiger partial charge in [-0.25, -0.2) is 8.42 Å². The fraction of sp³-hybridized carbons (Fsp3) is 0.769. The molecule has 0 spiro atoms. The topological polar surface area (TPSA) is 67.2 Å². The van der Waals surface area contributed by atoms with Crippen molar-refractivity contribution in [3.05, 3.63) is 12.4 Å². The second-order valence-corrected chi connectivity index (χ2v) is 7.13. The van der Waals surface area contributed by atoms with Crippen molar-refractivity contribution in [3.8, 4) is 0 Å². The van der Waals surface area contributed by atoms with Crippen LogP contribution in [0.25, 0.3) is 0 Å². The fourth-order valence-corrected chi connectivity index (χ4v) is 3.97. The summed E-state index contributed by atoms with van der Waals surface area (Å²) < 4.78 is 28.6. The Morgan fingerprint density at radius 1 is 1.50 bits per heavy atom. The molecule has 0 aliphatic heterocycles. The molecule has 0 atom stereocenters. The van der Waals surface area contributed by atoms with Crippen LogP contribution in [-0.4, -0.2) is 48.7 Å². The van der Waals surface area contributed by atoms with Crippen molar-refractivity contribution in [2.24, 2.45) is 0 Å². The molecule has 7 heteroatoms. The largest absolute Gasteiger partial charge is 0.320 e. The number of nitrogens with zero attached hydrogens (tertiary/aromatic N) is 3. The van der Waals surface area contributed by atoms with Gasteiger partial charge in [-0.15, -0.1) is 0 Å². The fourth-order valence-electron chi connectivity index (χ4n) is 2.24. The second kappa shape index (κ2) is 6.69. The molecule has 1 fully saturated rings. The lowest BCUT2D eigenvalue weighted by Gasteiger charge is -2.19. The summed E-state index contributed by atoms with van der Waals surface area (Å²) in [6.07, 6.45) is 6.85. The maximum absolute atomic E-state index is 12.6. The molecule has 1 aliphatic rings. The number of aromatic nitrogens is 2. The van der Waals surface area contributed by atoms with Crippen LogP contribution in [0.1, 0.15) is 32.6 Å². The monoisotopic (exact) mass is 300 g/mol. The average molecular weight is 300 g/mol. The van der Waals surface area contributed by atoms with Gasteiger partial charge in [-0.05, 0) is 39.3 Å². The summed E-state index contributed by atoms with van der Waals surface area (Å²) in [5.41, 5.74) is 0. The van der Waals surface area contributed by atoms with Crippen molar-refractivity contribution in [1.82, 2.24) is 19.4 Å². The molecule has 2 rings (SSSR count). The molecule has 20 heavy (non-hydrogen) atoms. The molecule has 1 aliphatic carbocycles. The van der Waals surface area contributed by atoms with Crippen LogP contribution in [0, 0.1) is 0 Å². The van der Waals surface area contributed by atoms with E-state index in [1.165, 1.54) is 6.20 Å². The maximum atomic E-state index is 12.6. The van der Waals surface area contributed by atoms with Crippen LogP contribution in [0.5, 0.6) is 0 Å². The molecule has 0 aromatic carbocycles. The van der Waals surface area contributed by atoms with Gasteiger partial charge in [0.1, 0.15) is 4.90 Å². The summed E-state index contributed by atoms with van der Waals surface area (Å²) in [5, 5.41) is 7.23. The molecule has 1 aromatic rings. The van der Waals surface area contributed by atoms with Crippen LogP contribution in [-0.2, 0) is 16.6 Å². The van der Waals surface area contributed by atoms with Crippen LogP contribution in [0.15, 0.2) is 17.3 Å². The Bertz CT molecular complexity index is 522. The number of aryl methyl sites for hydroxylation is 1. The van der Waals surface area contributed by atoms with Crippen molar-refractivity contribution < 1.29 is 8.42 Å². The van der Waals surface area contributed by atoms with Gasteiger partial charge in [-0.2, -0.15) is 9.40 Å². The minimum absolute atomic E-state index is 0.201. The predicted molar refractivity (Wildman–Crippen MR) is 78.0 cm³/mol. The third kappa shape index (κ3) is 3.59. The standard InChI is InChI=1S/C13H24N4O2S/c1-3-8-17(12-5-6-12)20(18,19)13-10-15-16(11-13)9-4-7-14-2/h10-12,14H,3-9H2,1-2H3. The minimum atomic E-state index is -3.38. The molecule has 1 saturated carbocycles. The third-order valence-corrected chi connectivity index (χ3v) is 5.33. The zero-order chi connectivity index (χ0) is 14.6. The highest BCUT2D eigenvalue weighted by molar-refractivity contribution is 7.89. The Morgan fingerprint density at radius 3 is 2.85 bits per heavy atom. The van der Waals surface area contributed by atoms with Gasteiger partial charge in [0.2, 0.25) is 10.0 Å². The first kappa shape index (κ1) is 15.5. The number of hydrogen-bond donors (Lipinski definition) is 1. The van der Waals surface area contributed by atoms with E-state index in [0.29, 0.717) is 11.4 Å². The van der Waals surface area contributed by atoms with Crippen LogP contribution >= 0.6 is 0 Å². The smallest absolute Gasteiger partial charge is 0.246 e. The first-order valence-corrected chi connectivity index (χ1v) is 8.72. The predicted octanol–water partition coefficient (Wildman–Crippen LogP) is 1.06. The summed E-state index contributed by atoms with van der Waals surface area (Å²) in [4.78, 5) is 0.322. The first-order chi connectivity index (χ1) is 9.59. The highest BCUT2D eigenvalue weighted by Gasteiger charge is 2.37. The zero-order valence-electron chi connectivity index (χ0n) is 12.2. The average Bonchev–Trinajstić information content (AvgIpc) is 3.13. The molecule has 0 amide bonds. The Labute approximate surface area is 121 Å². The van der Waals surface area contributed by atoms with E-state index in [2.05, 4.69) is 10.4 Å². The lowest BCUT2D eigenvalue weighted by molar-refractivity contribution is 0.403. The minimum Gasteiger partial charge on any atom is -0.320 e. The summed E-state index contributed by atoms with van der Waals surface area (Å²) in [6.45, 7) is 4.23. The van der Waals surface area contributed by atoms with Gasteiger partial charge in [-0.1, -0.05) is 6.92 Å². The molecule has 1 N–H and O–H groups in total. The number of nitrogens with one attached hydrogen (secondary N) is 1. The van der Waals surface area contributed by atoms with E-state index >= 15 is 0 Å². The number of hydrogen-bond acceptors (Lipinski definition) is 4. The lowest BCUT2D eigenvalue weighted by atomic mass is 10.4. The van der Waals surface area contributed by atoms with E-state index in [-0.39, 0.29) is 6.04 Å². The van der Waals surface area contributed by atoms with Crippen LogP contribution in [0.2, 0.25) is 0 Å². The summed E-state index contributed by atoms with van der Waals surface area (Å²) in [5.74, 6) is 0. The quantitative estimate of drug-likeness (QED) is 0.692. The third-order valence-electron chi connectivity index (χ3n) is 3.43. The van der Waals surface area contributed by atoms with Crippen molar-refractivity contribution in [2.45, 2.75) is 50.1 Å². The van der Waals surface area contributed by atoms with E-state index in [4.69, 9.17) is 0 Å². The van der Waals surface area contributed by atoms with Gasteiger partial charge in [0, 0.05) is 25.3 Å². The maximum Gasteiger partial charge on any atom is 0.246 e. The van der Waals surface area contributed by atoms with E-state index < -0.39 is 10.0 Å². The van der Waals surface area contributed by atoms with Gasteiger partial charge < -0.3 is 5.32 Å². The van der Waals surface area contributed by atoms with Gasteiger partial charge in [0.25, 0.3) is 0 Å². The van der Waals surface area contributed by atoms with Gasteiger partial charge in [-0.3, -0.25) is 4.68 Å².